The molecule has 0 aliphatic carbocycles. The molecule has 28 heavy (non-hydrogen) atoms. The van der Waals surface area contributed by atoms with Gasteiger partial charge in [-0.1, -0.05) is 49.3 Å². The minimum absolute atomic E-state index is 0.182. The van der Waals surface area contributed by atoms with E-state index < -0.39 is 0 Å². The Hall–Kier alpha value is -3.48. The highest BCUT2D eigenvalue weighted by Gasteiger charge is 2.13. The van der Waals surface area contributed by atoms with Crippen molar-refractivity contribution < 1.29 is 13.7 Å². The number of carbonyl (C=O) groups is 1. The predicted octanol–water partition coefficient (Wildman–Crippen LogP) is 3.97. The first-order chi connectivity index (χ1) is 13.6. The fourth-order valence-electron chi connectivity index (χ4n) is 2.78. The van der Waals surface area contributed by atoms with Crippen LogP contribution in [-0.4, -0.2) is 27.6 Å². The first kappa shape index (κ1) is 17.9. The molecule has 0 radical (unpaired) electrons. The second-order valence-electron chi connectivity index (χ2n) is 6.77. The summed E-state index contributed by atoms with van der Waals surface area (Å²) in [4.78, 5) is 21.2. The lowest BCUT2D eigenvalue weighted by Gasteiger charge is -2.03. The molecule has 0 bridgehead atoms. The maximum Gasteiger partial charge on any atom is 0.251 e. The van der Waals surface area contributed by atoms with Crippen molar-refractivity contribution in [3.8, 4) is 11.4 Å². The predicted molar refractivity (Wildman–Crippen MR) is 104 cm³/mol. The van der Waals surface area contributed by atoms with Crippen molar-refractivity contribution in [1.29, 1.82) is 0 Å². The Morgan fingerprint density at radius 2 is 1.93 bits per heavy atom. The van der Waals surface area contributed by atoms with Crippen LogP contribution in [-0.2, 0) is 6.42 Å². The summed E-state index contributed by atoms with van der Waals surface area (Å²) in [6.07, 6.45) is 0.454. The minimum atomic E-state index is -0.182. The van der Waals surface area contributed by atoms with E-state index in [-0.39, 0.29) is 11.8 Å². The molecule has 4 aromatic rings. The smallest absolute Gasteiger partial charge is 0.251 e. The Bertz CT molecular complexity index is 1100. The Kier molecular flexibility index (Phi) is 4.89. The third kappa shape index (κ3) is 3.78. The monoisotopic (exact) mass is 376 g/mol. The minimum Gasteiger partial charge on any atom is -0.440 e. The van der Waals surface area contributed by atoms with Gasteiger partial charge in [-0.25, -0.2) is 4.98 Å². The number of hydrogen-bond acceptors (Lipinski definition) is 6. The van der Waals surface area contributed by atoms with E-state index in [4.69, 9.17) is 8.94 Å². The van der Waals surface area contributed by atoms with Crippen LogP contribution in [0.15, 0.2) is 57.5 Å². The van der Waals surface area contributed by atoms with Crippen LogP contribution in [0.1, 0.15) is 41.9 Å². The molecule has 0 atom stereocenters. The Balaban J connectivity index is 1.37. The number of aromatic nitrogens is 3. The summed E-state index contributed by atoms with van der Waals surface area (Å²) in [6, 6.07) is 14.8. The SMILES string of the molecule is CC(C)c1nc2cc(C(=O)NCCc3nc(-c4ccccc4)no3)ccc2o1. The average Bonchev–Trinajstić information content (AvgIpc) is 3.35. The van der Waals surface area contributed by atoms with Crippen LogP contribution in [0.4, 0.5) is 0 Å². The maximum absolute atomic E-state index is 12.4. The molecular weight excluding hydrogens is 356 g/mol. The topological polar surface area (TPSA) is 94.1 Å². The number of benzene rings is 2. The van der Waals surface area contributed by atoms with E-state index >= 15 is 0 Å². The molecule has 0 saturated heterocycles. The van der Waals surface area contributed by atoms with E-state index in [1.165, 1.54) is 0 Å². The number of hydrogen-bond donors (Lipinski definition) is 1. The number of carbonyl (C=O) groups excluding carboxylic acids is 1. The van der Waals surface area contributed by atoms with Crippen molar-refractivity contribution in [2.75, 3.05) is 6.54 Å². The van der Waals surface area contributed by atoms with E-state index in [9.17, 15) is 4.79 Å². The van der Waals surface area contributed by atoms with E-state index in [0.29, 0.717) is 47.2 Å². The fourth-order valence-corrected chi connectivity index (χ4v) is 2.78. The van der Waals surface area contributed by atoms with Gasteiger partial charge in [0.25, 0.3) is 5.91 Å². The number of oxazole rings is 1. The number of nitrogens with zero attached hydrogens (tertiary/aromatic N) is 3. The van der Waals surface area contributed by atoms with Gasteiger partial charge >= 0.3 is 0 Å². The van der Waals surface area contributed by atoms with E-state index in [1.54, 1.807) is 18.2 Å². The molecule has 0 saturated carbocycles. The second-order valence-corrected chi connectivity index (χ2v) is 6.77. The molecule has 4 rings (SSSR count). The van der Waals surface area contributed by atoms with Gasteiger partial charge in [-0.15, -0.1) is 0 Å². The van der Waals surface area contributed by atoms with Gasteiger partial charge in [0.1, 0.15) is 5.52 Å². The van der Waals surface area contributed by atoms with Crippen LogP contribution in [0, 0.1) is 0 Å². The van der Waals surface area contributed by atoms with Crippen LogP contribution >= 0.6 is 0 Å². The van der Waals surface area contributed by atoms with Gasteiger partial charge in [0.15, 0.2) is 11.5 Å². The highest BCUT2D eigenvalue weighted by atomic mass is 16.5. The van der Waals surface area contributed by atoms with Crippen molar-refractivity contribution in [2.24, 2.45) is 0 Å². The molecule has 1 amide bonds. The molecule has 0 unspecified atom stereocenters. The van der Waals surface area contributed by atoms with Crippen molar-refractivity contribution in [3.63, 3.8) is 0 Å². The fraction of sp³-hybridized carbons (Fsp3) is 0.238. The van der Waals surface area contributed by atoms with Crippen LogP contribution in [0.3, 0.4) is 0 Å². The lowest BCUT2D eigenvalue weighted by molar-refractivity contribution is 0.0953. The van der Waals surface area contributed by atoms with Crippen molar-refractivity contribution in [2.45, 2.75) is 26.2 Å². The molecule has 7 heteroatoms. The highest BCUT2D eigenvalue weighted by molar-refractivity contribution is 5.97. The summed E-state index contributed by atoms with van der Waals surface area (Å²) in [5.41, 5.74) is 2.79. The quantitative estimate of drug-likeness (QED) is 0.547. The Morgan fingerprint density at radius 1 is 1.11 bits per heavy atom. The molecule has 142 valence electrons. The van der Waals surface area contributed by atoms with Gasteiger partial charge in [0.05, 0.1) is 0 Å². The third-order valence-corrected chi connectivity index (χ3v) is 4.28. The largest absolute Gasteiger partial charge is 0.440 e. The van der Waals surface area contributed by atoms with Gasteiger partial charge in [0.2, 0.25) is 11.7 Å². The summed E-state index contributed by atoms with van der Waals surface area (Å²) >= 11 is 0. The normalized spacial score (nSPS) is 11.2. The first-order valence-electron chi connectivity index (χ1n) is 9.17. The third-order valence-electron chi connectivity index (χ3n) is 4.28. The van der Waals surface area contributed by atoms with E-state index in [1.807, 2.05) is 44.2 Å². The molecule has 0 aliphatic rings. The van der Waals surface area contributed by atoms with Gasteiger partial charge in [-0.3, -0.25) is 4.79 Å². The highest BCUT2D eigenvalue weighted by Crippen LogP contribution is 2.22. The number of amides is 1. The van der Waals surface area contributed by atoms with Crippen LogP contribution in [0.25, 0.3) is 22.5 Å². The van der Waals surface area contributed by atoms with Gasteiger partial charge in [0, 0.05) is 30.0 Å². The van der Waals surface area contributed by atoms with Crippen LogP contribution in [0.2, 0.25) is 0 Å². The van der Waals surface area contributed by atoms with E-state index in [0.717, 1.165) is 5.56 Å². The Morgan fingerprint density at radius 3 is 2.71 bits per heavy atom. The molecular formula is C21H20N4O3. The molecule has 2 aromatic heterocycles. The molecule has 0 spiro atoms. The van der Waals surface area contributed by atoms with Crippen LogP contribution < -0.4 is 5.32 Å². The lowest BCUT2D eigenvalue weighted by Crippen LogP contribution is -2.25. The van der Waals surface area contributed by atoms with Crippen molar-refractivity contribution in [1.82, 2.24) is 20.4 Å². The molecule has 2 aromatic carbocycles. The standard InChI is InChI=1S/C21H20N4O3/c1-13(2)21-23-16-12-15(8-9-17(16)27-21)20(26)22-11-10-18-24-19(25-28-18)14-6-4-3-5-7-14/h3-9,12-13H,10-11H2,1-2H3,(H,22,26). The number of rotatable bonds is 6. The lowest BCUT2D eigenvalue weighted by atomic mass is 10.2. The molecule has 0 fully saturated rings. The first-order valence-corrected chi connectivity index (χ1v) is 9.17. The van der Waals surface area contributed by atoms with Crippen molar-refractivity contribution >= 4 is 17.0 Å². The number of nitrogens with one attached hydrogen (secondary N) is 1. The Labute approximate surface area is 161 Å². The van der Waals surface area contributed by atoms with Gasteiger partial charge in [-0.05, 0) is 18.2 Å². The van der Waals surface area contributed by atoms with Gasteiger partial charge < -0.3 is 14.3 Å². The molecule has 1 N–H and O–H groups in total. The second kappa shape index (κ2) is 7.64. The van der Waals surface area contributed by atoms with E-state index in [2.05, 4.69) is 20.4 Å². The van der Waals surface area contributed by atoms with Gasteiger partial charge in [-0.2, -0.15) is 4.98 Å². The summed E-state index contributed by atoms with van der Waals surface area (Å²) in [5, 5.41) is 6.84. The average molecular weight is 376 g/mol. The summed E-state index contributed by atoms with van der Waals surface area (Å²) in [6.45, 7) is 4.42. The molecule has 2 heterocycles. The summed E-state index contributed by atoms with van der Waals surface area (Å²) in [7, 11) is 0. The maximum atomic E-state index is 12.4. The zero-order chi connectivity index (χ0) is 19.5. The zero-order valence-electron chi connectivity index (χ0n) is 15.7. The summed E-state index contributed by atoms with van der Waals surface area (Å²) in [5.74, 6) is 1.70. The zero-order valence-corrected chi connectivity index (χ0v) is 15.7. The molecule has 7 nitrogen and oxygen atoms in total. The number of fused-ring (bicyclic) bond motifs is 1. The van der Waals surface area contributed by atoms with Crippen LogP contribution in [0.5, 0.6) is 0 Å². The molecule has 0 aliphatic heterocycles. The van der Waals surface area contributed by atoms with Crippen molar-refractivity contribution in [3.05, 3.63) is 65.9 Å². The summed E-state index contributed by atoms with van der Waals surface area (Å²) < 4.78 is 10.9.